The molecular formula is C10H6Cl2O3. The van der Waals surface area contributed by atoms with Gasteiger partial charge in [0, 0.05) is 5.54 Å². The Bertz CT molecular complexity index is 441. The van der Waals surface area contributed by atoms with Crippen LogP contribution in [0.5, 0.6) is 11.5 Å². The van der Waals surface area contributed by atoms with E-state index >= 15 is 0 Å². The van der Waals surface area contributed by atoms with Gasteiger partial charge < -0.3 is 9.47 Å². The van der Waals surface area contributed by atoms with E-state index in [2.05, 4.69) is 0 Å². The SMILES string of the molecule is O=C(Cl)c1c(/C=C/Cl)ccc2c1OCO2. The third-order valence-corrected chi connectivity index (χ3v) is 2.33. The topological polar surface area (TPSA) is 35.5 Å². The van der Waals surface area contributed by atoms with Crippen LogP contribution in [-0.4, -0.2) is 12.0 Å². The zero-order chi connectivity index (χ0) is 10.8. The van der Waals surface area contributed by atoms with Gasteiger partial charge in [0.2, 0.25) is 6.79 Å². The summed E-state index contributed by atoms with van der Waals surface area (Å²) in [4.78, 5) is 11.3. The van der Waals surface area contributed by atoms with Gasteiger partial charge >= 0.3 is 0 Å². The van der Waals surface area contributed by atoms with Crippen molar-refractivity contribution in [2.75, 3.05) is 6.79 Å². The Morgan fingerprint density at radius 2 is 2.20 bits per heavy atom. The molecular weight excluding hydrogens is 239 g/mol. The molecule has 0 aromatic heterocycles. The van der Waals surface area contributed by atoms with Crippen molar-refractivity contribution >= 4 is 34.5 Å². The average molecular weight is 245 g/mol. The van der Waals surface area contributed by atoms with E-state index in [1.807, 2.05) is 0 Å². The molecule has 0 amide bonds. The summed E-state index contributed by atoms with van der Waals surface area (Å²) < 4.78 is 10.3. The van der Waals surface area contributed by atoms with Gasteiger partial charge in [-0.15, -0.1) is 0 Å². The highest BCUT2D eigenvalue weighted by Gasteiger charge is 2.23. The number of benzene rings is 1. The molecule has 0 saturated carbocycles. The lowest BCUT2D eigenvalue weighted by atomic mass is 10.1. The van der Waals surface area contributed by atoms with E-state index in [4.69, 9.17) is 32.7 Å². The number of fused-ring (bicyclic) bond motifs is 1. The Balaban J connectivity index is 2.63. The fourth-order valence-corrected chi connectivity index (χ4v) is 1.73. The van der Waals surface area contributed by atoms with Crippen molar-refractivity contribution in [2.45, 2.75) is 0 Å². The van der Waals surface area contributed by atoms with Crippen LogP contribution in [0.25, 0.3) is 6.08 Å². The third-order valence-electron chi connectivity index (χ3n) is 2.01. The van der Waals surface area contributed by atoms with Gasteiger partial charge in [0.25, 0.3) is 5.24 Å². The molecule has 2 rings (SSSR count). The summed E-state index contributed by atoms with van der Waals surface area (Å²) >= 11 is 10.9. The molecule has 0 aliphatic carbocycles. The first-order valence-electron chi connectivity index (χ1n) is 4.13. The van der Waals surface area contributed by atoms with Gasteiger partial charge in [-0.2, -0.15) is 0 Å². The molecule has 1 heterocycles. The van der Waals surface area contributed by atoms with E-state index in [1.165, 1.54) is 5.54 Å². The van der Waals surface area contributed by atoms with Gasteiger partial charge in [-0.05, 0) is 29.3 Å². The molecule has 5 heteroatoms. The minimum Gasteiger partial charge on any atom is -0.454 e. The summed E-state index contributed by atoms with van der Waals surface area (Å²) in [5.41, 5.74) is 2.19. The third kappa shape index (κ3) is 1.80. The van der Waals surface area contributed by atoms with E-state index in [1.54, 1.807) is 18.2 Å². The molecule has 0 atom stereocenters. The van der Waals surface area contributed by atoms with E-state index in [9.17, 15) is 4.79 Å². The maximum Gasteiger partial charge on any atom is 0.256 e. The van der Waals surface area contributed by atoms with Crippen molar-refractivity contribution in [2.24, 2.45) is 0 Å². The van der Waals surface area contributed by atoms with E-state index in [-0.39, 0.29) is 12.4 Å². The molecule has 1 aliphatic rings. The lowest BCUT2D eigenvalue weighted by Gasteiger charge is -2.04. The Labute approximate surface area is 96.2 Å². The minimum absolute atomic E-state index is 0.0978. The highest BCUT2D eigenvalue weighted by atomic mass is 35.5. The lowest BCUT2D eigenvalue weighted by molar-refractivity contribution is 0.107. The molecule has 1 aliphatic heterocycles. The van der Waals surface area contributed by atoms with Crippen LogP contribution < -0.4 is 9.47 Å². The summed E-state index contributed by atoms with van der Waals surface area (Å²) in [6.45, 7) is 0.0978. The summed E-state index contributed by atoms with van der Waals surface area (Å²) in [6.07, 6.45) is 1.57. The maximum absolute atomic E-state index is 11.3. The summed E-state index contributed by atoms with van der Waals surface area (Å²) in [5, 5.41) is -0.595. The van der Waals surface area contributed by atoms with Gasteiger partial charge in [-0.1, -0.05) is 17.7 Å². The number of carbonyl (C=O) groups excluding carboxylic acids is 1. The maximum atomic E-state index is 11.3. The van der Waals surface area contributed by atoms with Gasteiger partial charge in [0.1, 0.15) is 0 Å². The van der Waals surface area contributed by atoms with Crippen LogP contribution in [0.15, 0.2) is 17.7 Å². The van der Waals surface area contributed by atoms with E-state index in [0.29, 0.717) is 17.1 Å². The second-order valence-corrected chi connectivity index (χ2v) is 3.43. The first-order valence-corrected chi connectivity index (χ1v) is 4.94. The summed E-state index contributed by atoms with van der Waals surface area (Å²) in [7, 11) is 0. The molecule has 0 N–H and O–H groups in total. The van der Waals surface area contributed by atoms with Crippen LogP contribution in [0.1, 0.15) is 15.9 Å². The normalized spacial score (nSPS) is 13.5. The van der Waals surface area contributed by atoms with Crippen LogP contribution in [0.4, 0.5) is 0 Å². The largest absolute Gasteiger partial charge is 0.454 e. The van der Waals surface area contributed by atoms with Crippen molar-refractivity contribution in [3.63, 3.8) is 0 Å². The highest BCUT2D eigenvalue weighted by molar-refractivity contribution is 6.68. The number of carbonyl (C=O) groups is 1. The molecule has 1 aromatic rings. The van der Waals surface area contributed by atoms with Crippen LogP contribution in [-0.2, 0) is 0 Å². The standard InChI is InChI=1S/C10H6Cl2O3/c11-4-3-6-1-2-7-9(15-5-14-7)8(6)10(12)13/h1-4H,5H2/b4-3+. The van der Waals surface area contributed by atoms with Crippen molar-refractivity contribution in [1.29, 1.82) is 0 Å². The smallest absolute Gasteiger partial charge is 0.256 e. The Morgan fingerprint density at radius 3 is 2.87 bits per heavy atom. The first kappa shape index (κ1) is 10.3. The monoisotopic (exact) mass is 244 g/mol. The number of hydrogen-bond donors (Lipinski definition) is 0. The van der Waals surface area contributed by atoms with Gasteiger partial charge in [0.15, 0.2) is 11.5 Å². The predicted octanol–water partition coefficient (Wildman–Crippen LogP) is 3.00. The summed E-state index contributed by atoms with van der Waals surface area (Å²) in [6, 6.07) is 3.40. The second kappa shape index (κ2) is 4.13. The molecule has 15 heavy (non-hydrogen) atoms. The number of rotatable bonds is 2. The number of hydrogen-bond acceptors (Lipinski definition) is 3. The van der Waals surface area contributed by atoms with Crippen molar-refractivity contribution in [3.05, 3.63) is 28.8 Å². The van der Waals surface area contributed by atoms with Crippen molar-refractivity contribution in [1.82, 2.24) is 0 Å². The Hall–Kier alpha value is -1.19. The highest BCUT2D eigenvalue weighted by Crippen LogP contribution is 2.38. The van der Waals surface area contributed by atoms with Crippen LogP contribution in [0.2, 0.25) is 0 Å². The average Bonchev–Trinajstić information content (AvgIpc) is 2.64. The molecule has 0 bridgehead atoms. The van der Waals surface area contributed by atoms with Gasteiger partial charge in [-0.3, -0.25) is 4.79 Å². The fraction of sp³-hybridized carbons (Fsp3) is 0.100. The molecule has 0 spiro atoms. The summed E-state index contributed by atoms with van der Waals surface area (Å²) in [5.74, 6) is 0.896. The molecule has 3 nitrogen and oxygen atoms in total. The molecule has 0 fully saturated rings. The Kier molecular flexibility index (Phi) is 2.84. The lowest BCUT2D eigenvalue weighted by Crippen LogP contribution is -1.98. The number of halogens is 2. The Morgan fingerprint density at radius 1 is 1.40 bits per heavy atom. The first-order chi connectivity index (χ1) is 7.24. The predicted molar refractivity (Wildman–Crippen MR) is 57.6 cm³/mol. The van der Waals surface area contributed by atoms with Crippen LogP contribution in [0.3, 0.4) is 0 Å². The zero-order valence-corrected chi connectivity index (χ0v) is 9.01. The minimum atomic E-state index is -0.595. The van der Waals surface area contributed by atoms with E-state index in [0.717, 1.165) is 0 Å². The van der Waals surface area contributed by atoms with Crippen molar-refractivity contribution < 1.29 is 14.3 Å². The molecule has 0 saturated heterocycles. The fourth-order valence-electron chi connectivity index (χ4n) is 1.40. The molecule has 0 unspecified atom stereocenters. The van der Waals surface area contributed by atoms with Crippen molar-refractivity contribution in [3.8, 4) is 11.5 Å². The number of ether oxygens (including phenoxy) is 2. The zero-order valence-electron chi connectivity index (χ0n) is 7.50. The quantitative estimate of drug-likeness (QED) is 0.751. The molecule has 0 radical (unpaired) electrons. The second-order valence-electron chi connectivity index (χ2n) is 2.83. The van der Waals surface area contributed by atoms with Crippen LogP contribution >= 0.6 is 23.2 Å². The van der Waals surface area contributed by atoms with Gasteiger partial charge in [-0.25, -0.2) is 0 Å². The van der Waals surface area contributed by atoms with Gasteiger partial charge in [0.05, 0.1) is 5.56 Å². The van der Waals surface area contributed by atoms with E-state index < -0.39 is 5.24 Å². The molecule has 78 valence electrons. The van der Waals surface area contributed by atoms with Crippen LogP contribution in [0, 0.1) is 0 Å². The molecule has 1 aromatic carbocycles.